The van der Waals surface area contributed by atoms with Crippen molar-refractivity contribution in [3.8, 4) is 0 Å². The van der Waals surface area contributed by atoms with Crippen molar-refractivity contribution in [2.45, 2.75) is 60.8 Å². The van der Waals surface area contributed by atoms with Crippen LogP contribution in [0, 0.1) is 22.2 Å². The van der Waals surface area contributed by atoms with Gasteiger partial charge in [0.25, 0.3) is 0 Å². The zero-order valence-corrected chi connectivity index (χ0v) is 11.5. The molecule has 0 spiro atoms. The zero-order valence-electron chi connectivity index (χ0n) is 11.5. The number of hydrogen-bond donors (Lipinski definition) is 1. The highest BCUT2D eigenvalue weighted by molar-refractivity contribution is 4.95. The van der Waals surface area contributed by atoms with Gasteiger partial charge in [0, 0.05) is 0 Å². The topological polar surface area (TPSA) is 26.0 Å². The van der Waals surface area contributed by atoms with Gasteiger partial charge in [-0.25, -0.2) is 0 Å². The Morgan fingerprint density at radius 2 is 1.67 bits per heavy atom. The van der Waals surface area contributed by atoms with Crippen LogP contribution in [0.1, 0.15) is 60.8 Å². The predicted octanol–water partition coefficient (Wildman–Crippen LogP) is 3.82. The van der Waals surface area contributed by atoms with Crippen LogP contribution < -0.4 is 5.73 Å². The van der Waals surface area contributed by atoms with Gasteiger partial charge in [-0.1, -0.05) is 41.5 Å². The van der Waals surface area contributed by atoms with Gasteiger partial charge in [0.15, 0.2) is 0 Å². The van der Waals surface area contributed by atoms with Crippen LogP contribution in [-0.4, -0.2) is 6.54 Å². The normalized spacial score (nSPS) is 36.6. The third-order valence-corrected chi connectivity index (χ3v) is 4.16. The van der Waals surface area contributed by atoms with Gasteiger partial charge in [-0.15, -0.1) is 0 Å². The largest absolute Gasteiger partial charge is 0.330 e. The third kappa shape index (κ3) is 3.21. The summed E-state index contributed by atoms with van der Waals surface area (Å²) in [7, 11) is 0. The Kier molecular flexibility index (Phi) is 3.27. The lowest BCUT2D eigenvalue weighted by atomic mass is 9.56. The Morgan fingerprint density at radius 1 is 1.13 bits per heavy atom. The SMILES string of the molecule is CC1(C)CC(C(C)(C)C)CC(C)(CN)C1. The summed E-state index contributed by atoms with van der Waals surface area (Å²) < 4.78 is 0. The second-order valence-corrected chi connectivity index (χ2v) is 7.83. The van der Waals surface area contributed by atoms with E-state index in [1.165, 1.54) is 19.3 Å². The van der Waals surface area contributed by atoms with Crippen molar-refractivity contribution in [3.05, 3.63) is 0 Å². The fourth-order valence-corrected chi connectivity index (χ4v) is 3.40. The Hall–Kier alpha value is -0.0400. The van der Waals surface area contributed by atoms with Crippen LogP contribution in [0.25, 0.3) is 0 Å². The van der Waals surface area contributed by atoms with Crippen molar-refractivity contribution in [2.75, 3.05) is 6.54 Å². The van der Waals surface area contributed by atoms with Crippen LogP contribution in [0.5, 0.6) is 0 Å². The highest BCUT2D eigenvalue weighted by Gasteiger charge is 2.43. The maximum absolute atomic E-state index is 5.96. The van der Waals surface area contributed by atoms with Crippen LogP contribution in [-0.2, 0) is 0 Å². The monoisotopic (exact) mass is 211 g/mol. The minimum atomic E-state index is 0.361. The maximum Gasteiger partial charge on any atom is -0.00229 e. The van der Waals surface area contributed by atoms with E-state index in [1.54, 1.807) is 0 Å². The Morgan fingerprint density at radius 3 is 2.07 bits per heavy atom. The number of hydrogen-bond acceptors (Lipinski definition) is 1. The molecule has 0 bridgehead atoms. The molecule has 15 heavy (non-hydrogen) atoms. The van der Waals surface area contributed by atoms with Gasteiger partial charge in [0.05, 0.1) is 0 Å². The van der Waals surface area contributed by atoms with E-state index in [0.29, 0.717) is 16.2 Å². The molecule has 0 radical (unpaired) electrons. The Balaban J connectivity index is 2.87. The average molecular weight is 211 g/mol. The molecule has 1 heteroatoms. The fourth-order valence-electron chi connectivity index (χ4n) is 3.40. The molecule has 0 heterocycles. The number of nitrogens with two attached hydrogens (primary N) is 1. The van der Waals surface area contributed by atoms with E-state index >= 15 is 0 Å². The molecule has 0 aliphatic heterocycles. The van der Waals surface area contributed by atoms with Crippen molar-refractivity contribution < 1.29 is 0 Å². The van der Waals surface area contributed by atoms with Crippen molar-refractivity contribution >= 4 is 0 Å². The molecule has 0 aromatic heterocycles. The summed E-state index contributed by atoms with van der Waals surface area (Å²) in [6, 6.07) is 0. The second-order valence-electron chi connectivity index (χ2n) is 7.83. The maximum atomic E-state index is 5.96. The molecule has 1 saturated carbocycles. The standard InChI is InChI=1S/C14H29N/c1-12(2,3)11-7-13(4,5)9-14(6,8-11)10-15/h11H,7-10,15H2,1-6H3. The van der Waals surface area contributed by atoms with E-state index in [2.05, 4.69) is 41.5 Å². The smallest absolute Gasteiger partial charge is 0.00229 e. The first-order chi connectivity index (χ1) is 6.58. The minimum absolute atomic E-state index is 0.361. The quantitative estimate of drug-likeness (QED) is 0.701. The van der Waals surface area contributed by atoms with E-state index in [9.17, 15) is 0 Å². The number of rotatable bonds is 1. The molecule has 0 aromatic carbocycles. The summed E-state index contributed by atoms with van der Waals surface area (Å²) in [6.45, 7) is 15.1. The van der Waals surface area contributed by atoms with Gasteiger partial charge in [0.1, 0.15) is 0 Å². The van der Waals surface area contributed by atoms with Gasteiger partial charge in [-0.05, 0) is 48.0 Å². The molecule has 90 valence electrons. The van der Waals surface area contributed by atoms with E-state index in [4.69, 9.17) is 5.73 Å². The summed E-state index contributed by atoms with van der Waals surface area (Å²) >= 11 is 0. The molecular weight excluding hydrogens is 182 g/mol. The summed E-state index contributed by atoms with van der Waals surface area (Å²) in [5, 5.41) is 0. The van der Waals surface area contributed by atoms with Crippen molar-refractivity contribution in [3.63, 3.8) is 0 Å². The Bertz CT molecular complexity index is 224. The average Bonchev–Trinajstić information content (AvgIpc) is 1.99. The molecule has 2 N–H and O–H groups in total. The predicted molar refractivity (Wildman–Crippen MR) is 67.7 cm³/mol. The van der Waals surface area contributed by atoms with Gasteiger partial charge < -0.3 is 5.73 Å². The third-order valence-electron chi connectivity index (χ3n) is 4.16. The molecule has 2 atom stereocenters. The van der Waals surface area contributed by atoms with Gasteiger partial charge in [-0.3, -0.25) is 0 Å². The lowest BCUT2D eigenvalue weighted by Crippen LogP contribution is -2.43. The molecule has 1 nitrogen and oxygen atoms in total. The molecule has 1 rings (SSSR count). The summed E-state index contributed by atoms with van der Waals surface area (Å²) in [5.41, 5.74) is 7.21. The summed E-state index contributed by atoms with van der Waals surface area (Å²) in [5.74, 6) is 0.815. The van der Waals surface area contributed by atoms with Crippen molar-refractivity contribution in [2.24, 2.45) is 27.9 Å². The molecule has 0 saturated heterocycles. The first-order valence-corrected chi connectivity index (χ1v) is 6.28. The molecule has 0 amide bonds. The van der Waals surface area contributed by atoms with Gasteiger partial charge >= 0.3 is 0 Å². The van der Waals surface area contributed by atoms with Crippen LogP contribution in [0.4, 0.5) is 0 Å². The Labute approximate surface area is 95.8 Å². The van der Waals surface area contributed by atoms with E-state index in [0.717, 1.165) is 12.5 Å². The van der Waals surface area contributed by atoms with E-state index < -0.39 is 0 Å². The molecule has 2 unspecified atom stereocenters. The van der Waals surface area contributed by atoms with Crippen molar-refractivity contribution in [1.82, 2.24) is 0 Å². The first kappa shape index (κ1) is 13.0. The highest BCUT2D eigenvalue weighted by Crippen LogP contribution is 2.52. The van der Waals surface area contributed by atoms with E-state index in [-0.39, 0.29) is 0 Å². The molecule has 0 aromatic rings. The van der Waals surface area contributed by atoms with Crippen LogP contribution >= 0.6 is 0 Å². The fraction of sp³-hybridized carbons (Fsp3) is 1.00. The van der Waals surface area contributed by atoms with Crippen LogP contribution in [0.2, 0.25) is 0 Å². The minimum Gasteiger partial charge on any atom is -0.330 e. The lowest BCUT2D eigenvalue weighted by Gasteiger charge is -2.50. The van der Waals surface area contributed by atoms with Crippen LogP contribution in [0.15, 0.2) is 0 Å². The molecule has 1 fully saturated rings. The van der Waals surface area contributed by atoms with Crippen molar-refractivity contribution in [1.29, 1.82) is 0 Å². The molecule has 1 aliphatic carbocycles. The first-order valence-electron chi connectivity index (χ1n) is 6.28. The highest BCUT2D eigenvalue weighted by atomic mass is 14.6. The second kappa shape index (κ2) is 3.76. The van der Waals surface area contributed by atoms with Crippen LogP contribution in [0.3, 0.4) is 0 Å². The molecular formula is C14H29N. The van der Waals surface area contributed by atoms with Gasteiger partial charge in [-0.2, -0.15) is 0 Å². The summed E-state index contributed by atoms with van der Waals surface area (Å²) in [6.07, 6.45) is 3.94. The molecule has 1 aliphatic rings. The summed E-state index contributed by atoms with van der Waals surface area (Å²) in [4.78, 5) is 0. The zero-order chi connectivity index (χ0) is 11.9. The van der Waals surface area contributed by atoms with Gasteiger partial charge in [0.2, 0.25) is 0 Å². The van der Waals surface area contributed by atoms with E-state index in [1.807, 2.05) is 0 Å². The lowest BCUT2D eigenvalue weighted by molar-refractivity contribution is 0.0110.